The molecular weight excluding hydrogens is 278 g/mol. The standard InChI is InChI=1S/C14H21NO4S/c1-2-20(18,19)12-11-15(10-6-9-14(16)17)13-7-4-3-5-8-13/h3-5,7-8H,2,6,9-12H2,1H3,(H,16,17). The largest absolute Gasteiger partial charge is 0.481 e. The first kappa shape index (κ1) is 16.5. The summed E-state index contributed by atoms with van der Waals surface area (Å²) in [5.74, 6) is -0.616. The van der Waals surface area contributed by atoms with Gasteiger partial charge in [0.15, 0.2) is 9.84 Å². The predicted octanol–water partition coefficient (Wildman–Crippen LogP) is 1.79. The molecule has 0 aliphatic carbocycles. The van der Waals surface area contributed by atoms with Crippen LogP contribution in [0.15, 0.2) is 30.3 Å². The lowest BCUT2D eigenvalue weighted by Crippen LogP contribution is -2.31. The van der Waals surface area contributed by atoms with Crippen molar-refractivity contribution >= 4 is 21.5 Å². The van der Waals surface area contributed by atoms with Crippen LogP contribution in [0.2, 0.25) is 0 Å². The number of rotatable bonds is 9. The van der Waals surface area contributed by atoms with Gasteiger partial charge < -0.3 is 10.0 Å². The molecule has 0 saturated heterocycles. The Hall–Kier alpha value is -1.56. The number of nitrogens with zero attached hydrogens (tertiary/aromatic N) is 1. The van der Waals surface area contributed by atoms with Gasteiger partial charge in [-0.25, -0.2) is 8.42 Å². The average Bonchev–Trinajstić information content (AvgIpc) is 2.43. The third-order valence-electron chi connectivity index (χ3n) is 3.05. The quantitative estimate of drug-likeness (QED) is 0.752. The minimum atomic E-state index is -3.02. The molecule has 1 aromatic carbocycles. The summed E-state index contributed by atoms with van der Waals surface area (Å²) in [5, 5.41) is 8.68. The second-order valence-electron chi connectivity index (χ2n) is 4.56. The zero-order valence-corrected chi connectivity index (χ0v) is 12.5. The molecule has 0 atom stereocenters. The van der Waals surface area contributed by atoms with Gasteiger partial charge in [0.2, 0.25) is 0 Å². The van der Waals surface area contributed by atoms with Crippen LogP contribution in [-0.2, 0) is 14.6 Å². The second kappa shape index (κ2) is 7.89. The van der Waals surface area contributed by atoms with E-state index in [-0.39, 0.29) is 17.9 Å². The van der Waals surface area contributed by atoms with Crippen molar-refractivity contribution < 1.29 is 18.3 Å². The van der Waals surface area contributed by atoms with Crippen molar-refractivity contribution in [3.63, 3.8) is 0 Å². The summed E-state index contributed by atoms with van der Waals surface area (Å²) < 4.78 is 23.2. The fourth-order valence-electron chi connectivity index (χ4n) is 1.82. The number of aliphatic carboxylic acids is 1. The van der Waals surface area contributed by atoms with Gasteiger partial charge in [0.1, 0.15) is 0 Å². The maximum Gasteiger partial charge on any atom is 0.303 e. The van der Waals surface area contributed by atoms with Crippen LogP contribution in [0.25, 0.3) is 0 Å². The Bertz CT molecular complexity index is 513. The van der Waals surface area contributed by atoms with E-state index in [1.807, 2.05) is 35.2 Å². The SMILES string of the molecule is CCS(=O)(=O)CCN(CCCC(=O)O)c1ccccc1. The van der Waals surface area contributed by atoms with Crippen LogP contribution in [0.4, 0.5) is 5.69 Å². The molecule has 0 radical (unpaired) electrons. The number of hydrogen-bond donors (Lipinski definition) is 1. The van der Waals surface area contributed by atoms with Gasteiger partial charge in [-0.3, -0.25) is 4.79 Å². The number of sulfone groups is 1. The molecule has 0 bridgehead atoms. The van der Waals surface area contributed by atoms with Gasteiger partial charge in [0, 0.05) is 31.0 Å². The van der Waals surface area contributed by atoms with Crippen molar-refractivity contribution in [1.29, 1.82) is 0 Å². The molecule has 0 spiro atoms. The second-order valence-corrected chi connectivity index (χ2v) is 7.03. The van der Waals surface area contributed by atoms with Gasteiger partial charge in [-0.1, -0.05) is 25.1 Å². The molecule has 0 saturated carbocycles. The zero-order chi connectivity index (χ0) is 15.0. The van der Waals surface area contributed by atoms with E-state index in [1.54, 1.807) is 6.92 Å². The van der Waals surface area contributed by atoms with Crippen molar-refractivity contribution in [2.75, 3.05) is 29.5 Å². The topological polar surface area (TPSA) is 74.7 Å². The Labute approximate surface area is 120 Å². The van der Waals surface area contributed by atoms with Crippen molar-refractivity contribution in [3.05, 3.63) is 30.3 Å². The summed E-state index contributed by atoms with van der Waals surface area (Å²) in [6, 6.07) is 9.46. The van der Waals surface area contributed by atoms with Crippen LogP contribution in [0.1, 0.15) is 19.8 Å². The van der Waals surface area contributed by atoms with E-state index in [0.717, 1.165) is 5.69 Å². The number of carboxylic acids is 1. The minimum Gasteiger partial charge on any atom is -0.481 e. The molecule has 1 aromatic rings. The predicted molar refractivity (Wildman–Crippen MR) is 79.9 cm³/mol. The molecule has 20 heavy (non-hydrogen) atoms. The van der Waals surface area contributed by atoms with Crippen molar-refractivity contribution in [2.24, 2.45) is 0 Å². The Kier molecular flexibility index (Phi) is 6.51. The molecule has 0 aliphatic heterocycles. The fourth-order valence-corrected chi connectivity index (χ4v) is 2.61. The van der Waals surface area contributed by atoms with Crippen LogP contribution in [0.3, 0.4) is 0 Å². The van der Waals surface area contributed by atoms with Crippen LogP contribution >= 0.6 is 0 Å². The summed E-state index contributed by atoms with van der Waals surface area (Å²) >= 11 is 0. The summed E-state index contributed by atoms with van der Waals surface area (Å²) in [6.07, 6.45) is 0.584. The highest BCUT2D eigenvalue weighted by molar-refractivity contribution is 7.91. The number of anilines is 1. The lowest BCUT2D eigenvalue weighted by atomic mass is 10.2. The zero-order valence-electron chi connectivity index (χ0n) is 11.7. The maximum atomic E-state index is 11.6. The smallest absolute Gasteiger partial charge is 0.303 e. The van der Waals surface area contributed by atoms with Crippen molar-refractivity contribution in [2.45, 2.75) is 19.8 Å². The third kappa shape index (κ3) is 6.06. The number of carbonyl (C=O) groups is 1. The molecule has 0 aliphatic rings. The Morgan fingerprint density at radius 1 is 1.20 bits per heavy atom. The molecule has 0 amide bonds. The van der Waals surface area contributed by atoms with Gasteiger partial charge in [-0.05, 0) is 18.6 Å². The van der Waals surface area contributed by atoms with Gasteiger partial charge in [-0.2, -0.15) is 0 Å². The first-order valence-electron chi connectivity index (χ1n) is 6.67. The van der Waals surface area contributed by atoms with Crippen LogP contribution < -0.4 is 4.90 Å². The van der Waals surface area contributed by atoms with Gasteiger partial charge >= 0.3 is 5.97 Å². The van der Waals surface area contributed by atoms with E-state index < -0.39 is 15.8 Å². The Morgan fingerprint density at radius 3 is 2.40 bits per heavy atom. The molecule has 6 heteroatoms. The molecule has 0 unspecified atom stereocenters. The first-order chi connectivity index (χ1) is 9.44. The van der Waals surface area contributed by atoms with Crippen LogP contribution in [0, 0.1) is 0 Å². The maximum absolute atomic E-state index is 11.6. The third-order valence-corrected chi connectivity index (χ3v) is 4.74. The van der Waals surface area contributed by atoms with E-state index in [2.05, 4.69) is 0 Å². The number of benzene rings is 1. The van der Waals surface area contributed by atoms with E-state index in [9.17, 15) is 13.2 Å². The Balaban J connectivity index is 2.67. The van der Waals surface area contributed by atoms with Gasteiger partial charge in [-0.15, -0.1) is 0 Å². The molecule has 0 aromatic heterocycles. The van der Waals surface area contributed by atoms with E-state index in [0.29, 0.717) is 19.5 Å². The number of carboxylic acid groups (broad SMARTS) is 1. The van der Waals surface area contributed by atoms with Gasteiger partial charge in [0.25, 0.3) is 0 Å². The van der Waals surface area contributed by atoms with E-state index >= 15 is 0 Å². The number of hydrogen-bond acceptors (Lipinski definition) is 4. The molecule has 1 N–H and O–H groups in total. The van der Waals surface area contributed by atoms with Gasteiger partial charge in [0.05, 0.1) is 5.75 Å². The first-order valence-corrected chi connectivity index (χ1v) is 8.49. The normalized spacial score (nSPS) is 11.2. The van der Waals surface area contributed by atoms with Crippen LogP contribution in [-0.4, -0.2) is 44.1 Å². The molecule has 0 fully saturated rings. The average molecular weight is 299 g/mol. The highest BCUT2D eigenvalue weighted by atomic mass is 32.2. The summed E-state index contributed by atoms with van der Waals surface area (Å²) in [6.45, 7) is 2.56. The minimum absolute atomic E-state index is 0.0872. The molecule has 5 nitrogen and oxygen atoms in total. The highest BCUT2D eigenvalue weighted by Gasteiger charge is 2.12. The molecule has 1 rings (SSSR count). The summed E-state index contributed by atoms with van der Waals surface area (Å²) in [4.78, 5) is 12.5. The summed E-state index contributed by atoms with van der Waals surface area (Å²) in [7, 11) is -3.02. The van der Waals surface area contributed by atoms with E-state index in [4.69, 9.17) is 5.11 Å². The van der Waals surface area contributed by atoms with Crippen LogP contribution in [0.5, 0.6) is 0 Å². The molecule has 0 heterocycles. The van der Waals surface area contributed by atoms with Crippen molar-refractivity contribution in [1.82, 2.24) is 0 Å². The lowest BCUT2D eigenvalue weighted by Gasteiger charge is -2.24. The lowest BCUT2D eigenvalue weighted by molar-refractivity contribution is -0.137. The van der Waals surface area contributed by atoms with Crippen molar-refractivity contribution in [3.8, 4) is 0 Å². The molecule has 112 valence electrons. The fraction of sp³-hybridized carbons (Fsp3) is 0.500. The Morgan fingerprint density at radius 2 is 1.85 bits per heavy atom. The number of para-hydroxylation sites is 1. The monoisotopic (exact) mass is 299 g/mol. The molecular formula is C14H21NO4S. The van der Waals surface area contributed by atoms with E-state index in [1.165, 1.54) is 0 Å². The summed E-state index contributed by atoms with van der Waals surface area (Å²) in [5.41, 5.74) is 0.921. The highest BCUT2D eigenvalue weighted by Crippen LogP contribution is 2.14.